The van der Waals surface area contributed by atoms with Crippen molar-refractivity contribution in [2.45, 2.75) is 19.3 Å². The SMILES string of the molecule is CC1CC1c1nccc(C=O)n1. The molecule has 0 saturated heterocycles. The number of aromatic nitrogens is 2. The van der Waals surface area contributed by atoms with E-state index in [1.807, 2.05) is 0 Å². The van der Waals surface area contributed by atoms with Gasteiger partial charge in [0.2, 0.25) is 0 Å². The van der Waals surface area contributed by atoms with Crippen LogP contribution in [0.25, 0.3) is 0 Å². The number of carbonyl (C=O) groups excluding carboxylic acids is 1. The van der Waals surface area contributed by atoms with Crippen molar-refractivity contribution in [2.24, 2.45) is 5.92 Å². The second kappa shape index (κ2) is 2.66. The highest BCUT2D eigenvalue weighted by Gasteiger charge is 2.36. The molecule has 0 aliphatic heterocycles. The Balaban J connectivity index is 2.27. The maximum absolute atomic E-state index is 10.4. The Morgan fingerprint density at radius 1 is 1.67 bits per heavy atom. The fourth-order valence-corrected chi connectivity index (χ4v) is 1.31. The van der Waals surface area contributed by atoms with Crippen molar-refractivity contribution < 1.29 is 4.79 Å². The van der Waals surface area contributed by atoms with Crippen LogP contribution in [0.15, 0.2) is 12.3 Å². The van der Waals surface area contributed by atoms with E-state index in [4.69, 9.17) is 0 Å². The van der Waals surface area contributed by atoms with Crippen LogP contribution in [-0.4, -0.2) is 16.3 Å². The average molecular weight is 162 g/mol. The van der Waals surface area contributed by atoms with E-state index in [0.717, 1.165) is 18.5 Å². The zero-order chi connectivity index (χ0) is 8.55. The molecule has 2 atom stereocenters. The predicted octanol–water partition coefficient (Wildman–Crippen LogP) is 1.41. The lowest BCUT2D eigenvalue weighted by Gasteiger charge is -1.95. The van der Waals surface area contributed by atoms with Gasteiger partial charge in [0.25, 0.3) is 0 Å². The molecule has 0 amide bonds. The first kappa shape index (κ1) is 7.40. The quantitative estimate of drug-likeness (QED) is 0.617. The Morgan fingerprint density at radius 3 is 3.00 bits per heavy atom. The molecule has 1 aromatic rings. The van der Waals surface area contributed by atoms with Gasteiger partial charge >= 0.3 is 0 Å². The summed E-state index contributed by atoms with van der Waals surface area (Å²) in [4.78, 5) is 18.6. The minimum Gasteiger partial charge on any atom is -0.296 e. The van der Waals surface area contributed by atoms with Gasteiger partial charge in [-0.2, -0.15) is 0 Å². The van der Waals surface area contributed by atoms with Crippen molar-refractivity contribution in [3.8, 4) is 0 Å². The van der Waals surface area contributed by atoms with Crippen LogP contribution in [0.4, 0.5) is 0 Å². The standard InChI is InChI=1S/C9H10N2O/c1-6-4-8(6)9-10-3-2-7(5-12)11-9/h2-3,5-6,8H,4H2,1H3. The monoisotopic (exact) mass is 162 g/mol. The molecule has 0 bridgehead atoms. The Labute approximate surface area is 70.9 Å². The van der Waals surface area contributed by atoms with Crippen molar-refractivity contribution in [3.63, 3.8) is 0 Å². The molecule has 12 heavy (non-hydrogen) atoms. The summed E-state index contributed by atoms with van der Waals surface area (Å²) >= 11 is 0. The lowest BCUT2D eigenvalue weighted by atomic mass is 10.3. The molecular formula is C9H10N2O. The Morgan fingerprint density at radius 2 is 2.42 bits per heavy atom. The second-order valence-electron chi connectivity index (χ2n) is 3.28. The molecule has 3 nitrogen and oxygen atoms in total. The van der Waals surface area contributed by atoms with Crippen LogP contribution in [0.2, 0.25) is 0 Å². The number of aldehydes is 1. The molecule has 0 N–H and O–H groups in total. The zero-order valence-corrected chi connectivity index (χ0v) is 6.90. The van der Waals surface area contributed by atoms with Gasteiger partial charge in [-0.15, -0.1) is 0 Å². The molecule has 1 aliphatic rings. The Bertz CT molecular complexity index is 311. The number of nitrogens with zero attached hydrogens (tertiary/aromatic N) is 2. The van der Waals surface area contributed by atoms with Gasteiger partial charge in [0, 0.05) is 12.1 Å². The normalized spacial score (nSPS) is 26.8. The first-order chi connectivity index (χ1) is 5.81. The molecule has 3 heteroatoms. The first-order valence-corrected chi connectivity index (χ1v) is 4.09. The third-order valence-electron chi connectivity index (χ3n) is 2.26. The van der Waals surface area contributed by atoms with Gasteiger partial charge in [0.05, 0.1) is 0 Å². The van der Waals surface area contributed by atoms with Gasteiger partial charge in [0.15, 0.2) is 6.29 Å². The molecule has 0 spiro atoms. The van der Waals surface area contributed by atoms with E-state index in [-0.39, 0.29) is 0 Å². The summed E-state index contributed by atoms with van der Waals surface area (Å²) < 4.78 is 0. The maximum Gasteiger partial charge on any atom is 0.168 e. The molecule has 0 radical (unpaired) electrons. The lowest BCUT2D eigenvalue weighted by Crippen LogP contribution is -1.96. The van der Waals surface area contributed by atoms with Crippen molar-refractivity contribution in [1.82, 2.24) is 9.97 Å². The number of rotatable bonds is 2. The third-order valence-corrected chi connectivity index (χ3v) is 2.26. The van der Waals surface area contributed by atoms with Crippen molar-refractivity contribution in [3.05, 3.63) is 23.8 Å². The van der Waals surface area contributed by atoms with Crippen LogP contribution in [0, 0.1) is 5.92 Å². The van der Waals surface area contributed by atoms with E-state index in [2.05, 4.69) is 16.9 Å². The fourth-order valence-electron chi connectivity index (χ4n) is 1.31. The highest BCUT2D eigenvalue weighted by molar-refractivity contribution is 5.71. The molecule has 1 saturated carbocycles. The highest BCUT2D eigenvalue weighted by Crippen LogP contribution is 2.45. The Kier molecular flexibility index (Phi) is 1.64. The summed E-state index contributed by atoms with van der Waals surface area (Å²) in [6.45, 7) is 2.17. The van der Waals surface area contributed by atoms with Crippen LogP contribution in [0.1, 0.15) is 35.6 Å². The summed E-state index contributed by atoms with van der Waals surface area (Å²) in [5.41, 5.74) is 0.485. The van der Waals surface area contributed by atoms with Crippen molar-refractivity contribution in [2.75, 3.05) is 0 Å². The average Bonchev–Trinajstić information content (AvgIpc) is 2.83. The topological polar surface area (TPSA) is 42.9 Å². The summed E-state index contributed by atoms with van der Waals surface area (Å²) in [6, 6.07) is 1.63. The number of hydrogen-bond acceptors (Lipinski definition) is 3. The molecule has 0 aromatic carbocycles. The highest BCUT2D eigenvalue weighted by atomic mass is 16.1. The molecule has 1 aromatic heterocycles. The van der Waals surface area contributed by atoms with Gasteiger partial charge < -0.3 is 0 Å². The summed E-state index contributed by atoms with van der Waals surface area (Å²) in [7, 11) is 0. The first-order valence-electron chi connectivity index (χ1n) is 4.09. The minimum absolute atomic E-state index is 0.485. The smallest absolute Gasteiger partial charge is 0.168 e. The largest absolute Gasteiger partial charge is 0.296 e. The minimum atomic E-state index is 0.485. The van der Waals surface area contributed by atoms with Gasteiger partial charge in [-0.3, -0.25) is 4.79 Å². The third kappa shape index (κ3) is 1.22. The van der Waals surface area contributed by atoms with Crippen LogP contribution >= 0.6 is 0 Å². The van der Waals surface area contributed by atoms with Crippen LogP contribution in [0.5, 0.6) is 0 Å². The molecule has 62 valence electrons. The van der Waals surface area contributed by atoms with Crippen LogP contribution in [-0.2, 0) is 0 Å². The van der Waals surface area contributed by atoms with Crippen molar-refractivity contribution in [1.29, 1.82) is 0 Å². The lowest BCUT2D eigenvalue weighted by molar-refractivity contribution is 0.111. The zero-order valence-electron chi connectivity index (χ0n) is 6.90. The van der Waals surface area contributed by atoms with E-state index in [1.165, 1.54) is 0 Å². The van der Waals surface area contributed by atoms with E-state index in [0.29, 0.717) is 17.5 Å². The fraction of sp³-hybridized carbons (Fsp3) is 0.444. The van der Waals surface area contributed by atoms with Gasteiger partial charge in [-0.1, -0.05) is 6.92 Å². The molecule has 2 unspecified atom stereocenters. The summed E-state index contributed by atoms with van der Waals surface area (Å²) in [5, 5.41) is 0. The van der Waals surface area contributed by atoms with Gasteiger partial charge in [-0.05, 0) is 18.4 Å². The van der Waals surface area contributed by atoms with E-state index >= 15 is 0 Å². The summed E-state index contributed by atoms with van der Waals surface area (Å²) in [6.07, 6.45) is 3.57. The Hall–Kier alpha value is -1.25. The number of carbonyl (C=O) groups is 1. The maximum atomic E-state index is 10.4. The molecule has 1 fully saturated rings. The molecule has 1 heterocycles. The van der Waals surface area contributed by atoms with Gasteiger partial charge in [-0.25, -0.2) is 9.97 Å². The van der Waals surface area contributed by atoms with Gasteiger partial charge in [0.1, 0.15) is 11.5 Å². The van der Waals surface area contributed by atoms with E-state index in [1.54, 1.807) is 12.3 Å². The summed E-state index contributed by atoms with van der Waals surface area (Å²) in [5.74, 6) is 2.00. The van der Waals surface area contributed by atoms with Crippen LogP contribution < -0.4 is 0 Å². The molecule has 2 rings (SSSR count). The van der Waals surface area contributed by atoms with E-state index < -0.39 is 0 Å². The molecular weight excluding hydrogens is 152 g/mol. The van der Waals surface area contributed by atoms with E-state index in [9.17, 15) is 4.79 Å². The van der Waals surface area contributed by atoms with Crippen molar-refractivity contribution >= 4 is 6.29 Å². The predicted molar refractivity (Wildman–Crippen MR) is 43.9 cm³/mol. The van der Waals surface area contributed by atoms with Crippen LogP contribution in [0.3, 0.4) is 0 Å². The second-order valence-corrected chi connectivity index (χ2v) is 3.28. The molecule has 1 aliphatic carbocycles. The number of hydrogen-bond donors (Lipinski definition) is 0.